The van der Waals surface area contributed by atoms with Crippen LogP contribution in [-0.2, 0) is 6.42 Å². The molecule has 0 amide bonds. The van der Waals surface area contributed by atoms with Gasteiger partial charge in [-0.15, -0.1) is 0 Å². The minimum absolute atomic E-state index is 0.00723. The van der Waals surface area contributed by atoms with Crippen molar-refractivity contribution in [2.24, 2.45) is 0 Å². The molecule has 0 radical (unpaired) electrons. The van der Waals surface area contributed by atoms with Crippen LogP contribution < -0.4 is 5.32 Å². The average Bonchev–Trinajstić information content (AvgIpc) is 2.47. The maximum absolute atomic E-state index is 12.0. The van der Waals surface area contributed by atoms with Gasteiger partial charge in [0, 0.05) is 23.5 Å². The second kappa shape index (κ2) is 6.71. The number of carbonyl (C=O) groups is 1. The summed E-state index contributed by atoms with van der Waals surface area (Å²) in [5.41, 5.74) is 4.12. The lowest BCUT2D eigenvalue weighted by Crippen LogP contribution is -1.96. The standard InChI is InChI=1S/C18H19NO/c1-3-15-7-9-16(10-8-15)18(20)11-12-19-17-6-4-5-14(2)13-17/h4-13,19H,3H2,1-2H3/b12-11-. The van der Waals surface area contributed by atoms with E-state index in [1.807, 2.05) is 55.5 Å². The number of aryl methyl sites for hydroxylation is 2. The number of benzene rings is 2. The molecule has 0 bridgehead atoms. The third-order valence-electron chi connectivity index (χ3n) is 3.15. The molecule has 2 aromatic carbocycles. The largest absolute Gasteiger partial charge is 0.362 e. The second-order valence-electron chi connectivity index (χ2n) is 4.76. The molecule has 0 aliphatic rings. The Kier molecular flexibility index (Phi) is 4.72. The maximum atomic E-state index is 12.0. The van der Waals surface area contributed by atoms with Crippen LogP contribution in [-0.4, -0.2) is 5.78 Å². The third-order valence-corrected chi connectivity index (χ3v) is 3.15. The zero-order chi connectivity index (χ0) is 14.4. The van der Waals surface area contributed by atoms with Crippen LogP contribution in [0.5, 0.6) is 0 Å². The van der Waals surface area contributed by atoms with Gasteiger partial charge >= 0.3 is 0 Å². The predicted molar refractivity (Wildman–Crippen MR) is 84.1 cm³/mol. The Morgan fingerprint density at radius 1 is 1.15 bits per heavy atom. The van der Waals surface area contributed by atoms with Gasteiger partial charge in [0.15, 0.2) is 5.78 Å². The molecule has 102 valence electrons. The van der Waals surface area contributed by atoms with Gasteiger partial charge in [-0.25, -0.2) is 0 Å². The molecule has 0 aromatic heterocycles. The average molecular weight is 265 g/mol. The molecule has 0 spiro atoms. The van der Waals surface area contributed by atoms with E-state index in [1.165, 1.54) is 11.1 Å². The van der Waals surface area contributed by atoms with Gasteiger partial charge in [0.1, 0.15) is 0 Å². The third kappa shape index (κ3) is 3.82. The number of allylic oxidation sites excluding steroid dienone is 1. The SMILES string of the molecule is CCc1ccc(C(=O)/C=C\Nc2cccc(C)c2)cc1. The summed E-state index contributed by atoms with van der Waals surface area (Å²) in [4.78, 5) is 12.0. The minimum Gasteiger partial charge on any atom is -0.362 e. The van der Waals surface area contributed by atoms with Crippen LogP contribution >= 0.6 is 0 Å². The Balaban J connectivity index is 1.98. The molecule has 0 heterocycles. The Bertz CT molecular complexity index is 612. The van der Waals surface area contributed by atoms with Gasteiger partial charge in [-0.3, -0.25) is 4.79 Å². The van der Waals surface area contributed by atoms with Crippen LogP contribution in [0.3, 0.4) is 0 Å². The molecule has 0 atom stereocenters. The van der Waals surface area contributed by atoms with E-state index in [0.29, 0.717) is 5.56 Å². The van der Waals surface area contributed by atoms with Crippen molar-refractivity contribution in [3.63, 3.8) is 0 Å². The van der Waals surface area contributed by atoms with E-state index in [0.717, 1.165) is 12.1 Å². The molecule has 0 aliphatic heterocycles. The highest BCUT2D eigenvalue weighted by atomic mass is 16.1. The molecule has 0 unspecified atom stereocenters. The van der Waals surface area contributed by atoms with Crippen molar-refractivity contribution in [1.82, 2.24) is 0 Å². The molecule has 2 nitrogen and oxygen atoms in total. The fraction of sp³-hybridized carbons (Fsp3) is 0.167. The summed E-state index contributed by atoms with van der Waals surface area (Å²) in [7, 11) is 0. The van der Waals surface area contributed by atoms with Crippen molar-refractivity contribution < 1.29 is 4.79 Å². The summed E-state index contributed by atoms with van der Waals surface area (Å²) in [5, 5.41) is 3.11. The molecule has 0 fully saturated rings. The van der Waals surface area contributed by atoms with Gasteiger partial charge in [-0.1, -0.05) is 43.3 Å². The van der Waals surface area contributed by atoms with Gasteiger partial charge in [0.25, 0.3) is 0 Å². The summed E-state index contributed by atoms with van der Waals surface area (Å²) in [6.45, 7) is 4.14. The molecule has 0 aliphatic carbocycles. The van der Waals surface area contributed by atoms with Crippen LogP contribution in [0.25, 0.3) is 0 Å². The zero-order valence-electron chi connectivity index (χ0n) is 11.9. The smallest absolute Gasteiger partial charge is 0.187 e. The van der Waals surface area contributed by atoms with Gasteiger partial charge in [-0.2, -0.15) is 0 Å². The normalized spacial score (nSPS) is 10.7. The maximum Gasteiger partial charge on any atom is 0.187 e. The van der Waals surface area contributed by atoms with Crippen LogP contribution in [0.2, 0.25) is 0 Å². The molecule has 0 saturated carbocycles. The van der Waals surface area contributed by atoms with Crippen LogP contribution in [0.4, 0.5) is 5.69 Å². The molecule has 2 heteroatoms. The van der Waals surface area contributed by atoms with Crippen LogP contribution in [0, 0.1) is 6.92 Å². The van der Waals surface area contributed by atoms with Gasteiger partial charge in [0.05, 0.1) is 0 Å². The highest BCUT2D eigenvalue weighted by molar-refractivity contribution is 6.04. The van der Waals surface area contributed by atoms with E-state index >= 15 is 0 Å². The first kappa shape index (κ1) is 14.1. The Labute approximate surface area is 120 Å². The molecule has 20 heavy (non-hydrogen) atoms. The van der Waals surface area contributed by atoms with Crippen molar-refractivity contribution in [3.8, 4) is 0 Å². The lowest BCUT2D eigenvalue weighted by atomic mass is 10.1. The molecule has 2 aromatic rings. The Morgan fingerprint density at radius 3 is 2.55 bits per heavy atom. The predicted octanol–water partition coefficient (Wildman–Crippen LogP) is 4.37. The minimum atomic E-state index is 0.00723. The van der Waals surface area contributed by atoms with E-state index in [-0.39, 0.29) is 5.78 Å². The fourth-order valence-electron chi connectivity index (χ4n) is 1.95. The summed E-state index contributed by atoms with van der Waals surface area (Å²) in [6.07, 6.45) is 4.23. The first-order valence-electron chi connectivity index (χ1n) is 6.82. The topological polar surface area (TPSA) is 29.1 Å². The number of carbonyl (C=O) groups excluding carboxylic acids is 1. The molecular weight excluding hydrogens is 246 g/mol. The van der Waals surface area contributed by atoms with E-state index in [1.54, 1.807) is 12.3 Å². The fourth-order valence-corrected chi connectivity index (χ4v) is 1.95. The number of anilines is 1. The van der Waals surface area contributed by atoms with E-state index in [2.05, 4.69) is 12.2 Å². The van der Waals surface area contributed by atoms with Gasteiger partial charge < -0.3 is 5.32 Å². The van der Waals surface area contributed by atoms with Crippen molar-refractivity contribution in [3.05, 3.63) is 77.5 Å². The number of nitrogens with one attached hydrogen (secondary N) is 1. The van der Waals surface area contributed by atoms with E-state index in [9.17, 15) is 4.79 Å². The van der Waals surface area contributed by atoms with E-state index in [4.69, 9.17) is 0 Å². The Hall–Kier alpha value is -2.35. The second-order valence-corrected chi connectivity index (χ2v) is 4.76. The van der Waals surface area contributed by atoms with Crippen LogP contribution in [0.15, 0.2) is 60.8 Å². The molecule has 0 saturated heterocycles. The lowest BCUT2D eigenvalue weighted by molar-refractivity contribution is 0.104. The lowest BCUT2D eigenvalue weighted by Gasteiger charge is -2.02. The van der Waals surface area contributed by atoms with Gasteiger partial charge in [0.2, 0.25) is 0 Å². The molecule has 2 rings (SSSR count). The molecule has 1 N–H and O–H groups in total. The van der Waals surface area contributed by atoms with Crippen molar-refractivity contribution in [2.75, 3.05) is 5.32 Å². The first-order valence-corrected chi connectivity index (χ1v) is 6.82. The van der Waals surface area contributed by atoms with Crippen molar-refractivity contribution in [2.45, 2.75) is 20.3 Å². The monoisotopic (exact) mass is 265 g/mol. The quantitative estimate of drug-likeness (QED) is 0.642. The number of rotatable bonds is 5. The van der Waals surface area contributed by atoms with Crippen molar-refractivity contribution in [1.29, 1.82) is 0 Å². The highest BCUT2D eigenvalue weighted by Gasteiger charge is 2.00. The number of hydrogen-bond donors (Lipinski definition) is 1. The zero-order valence-corrected chi connectivity index (χ0v) is 11.9. The number of ketones is 1. The summed E-state index contributed by atoms with van der Waals surface area (Å²) >= 11 is 0. The van der Waals surface area contributed by atoms with Crippen LogP contribution in [0.1, 0.15) is 28.4 Å². The van der Waals surface area contributed by atoms with Crippen molar-refractivity contribution >= 4 is 11.5 Å². The van der Waals surface area contributed by atoms with E-state index < -0.39 is 0 Å². The molecular formula is C18H19NO. The summed E-state index contributed by atoms with van der Waals surface area (Å²) < 4.78 is 0. The summed E-state index contributed by atoms with van der Waals surface area (Å²) in [6, 6.07) is 15.8. The Morgan fingerprint density at radius 2 is 1.90 bits per heavy atom. The summed E-state index contributed by atoms with van der Waals surface area (Å²) in [5.74, 6) is 0.00723. The van der Waals surface area contributed by atoms with Gasteiger partial charge in [-0.05, 0) is 36.6 Å². The number of hydrogen-bond acceptors (Lipinski definition) is 2. The highest BCUT2D eigenvalue weighted by Crippen LogP contribution is 2.10. The first-order chi connectivity index (χ1) is 9.69.